The predicted octanol–water partition coefficient (Wildman–Crippen LogP) is 3.14. The second-order valence-electron chi connectivity index (χ2n) is 4.82. The van der Waals surface area contributed by atoms with Crippen molar-refractivity contribution in [2.24, 2.45) is 0 Å². The molecule has 0 aliphatic rings. The van der Waals surface area contributed by atoms with E-state index in [9.17, 15) is 4.79 Å². The fraction of sp³-hybridized carbons (Fsp3) is 0.500. The minimum atomic E-state index is -0.418. The average molecular weight is 250 g/mol. The minimum Gasteiger partial charge on any atom is -0.447 e. The van der Waals surface area contributed by atoms with Crippen LogP contribution in [0.4, 0.5) is 10.5 Å². The van der Waals surface area contributed by atoms with Crippen molar-refractivity contribution >= 4 is 11.8 Å². The third-order valence-corrected chi connectivity index (χ3v) is 2.23. The molecular weight excluding hydrogens is 228 g/mol. The van der Waals surface area contributed by atoms with Gasteiger partial charge in [-0.2, -0.15) is 0 Å². The average Bonchev–Trinajstić information content (AvgIpc) is 2.25. The summed E-state index contributed by atoms with van der Waals surface area (Å²) >= 11 is 0. The molecule has 1 aromatic rings. The highest BCUT2D eigenvalue weighted by atomic mass is 16.6. The number of ether oxygens (including phenoxy) is 1. The molecule has 0 spiro atoms. The second kappa shape index (κ2) is 7.01. The summed E-state index contributed by atoms with van der Waals surface area (Å²) in [4.78, 5) is 11.5. The molecule has 0 atom stereocenters. The van der Waals surface area contributed by atoms with Crippen LogP contribution in [0, 0.1) is 0 Å². The SMILES string of the molecule is CC(C)NCc1cccc(NC(=O)OC(C)C)c1. The van der Waals surface area contributed by atoms with Crippen LogP contribution in [0.5, 0.6) is 0 Å². The Morgan fingerprint density at radius 1 is 1.28 bits per heavy atom. The summed E-state index contributed by atoms with van der Waals surface area (Å²) in [5.74, 6) is 0. The van der Waals surface area contributed by atoms with Gasteiger partial charge in [-0.3, -0.25) is 5.32 Å². The molecule has 100 valence electrons. The van der Waals surface area contributed by atoms with E-state index < -0.39 is 6.09 Å². The highest BCUT2D eigenvalue weighted by Gasteiger charge is 2.05. The first-order valence-corrected chi connectivity index (χ1v) is 6.27. The van der Waals surface area contributed by atoms with Gasteiger partial charge in [-0.1, -0.05) is 26.0 Å². The Hall–Kier alpha value is -1.55. The van der Waals surface area contributed by atoms with Crippen molar-refractivity contribution in [3.05, 3.63) is 29.8 Å². The van der Waals surface area contributed by atoms with E-state index in [1.165, 1.54) is 0 Å². The zero-order valence-electron chi connectivity index (χ0n) is 11.5. The van der Waals surface area contributed by atoms with Crippen molar-refractivity contribution in [3.63, 3.8) is 0 Å². The number of carbonyl (C=O) groups excluding carboxylic acids is 1. The van der Waals surface area contributed by atoms with E-state index in [1.54, 1.807) is 0 Å². The van der Waals surface area contributed by atoms with Crippen molar-refractivity contribution in [1.82, 2.24) is 5.32 Å². The van der Waals surface area contributed by atoms with Crippen molar-refractivity contribution in [2.45, 2.75) is 46.4 Å². The fourth-order valence-corrected chi connectivity index (χ4v) is 1.44. The van der Waals surface area contributed by atoms with Gasteiger partial charge < -0.3 is 10.1 Å². The lowest BCUT2D eigenvalue weighted by Gasteiger charge is -2.11. The molecule has 0 fully saturated rings. The van der Waals surface area contributed by atoms with Gasteiger partial charge >= 0.3 is 6.09 Å². The highest BCUT2D eigenvalue weighted by molar-refractivity contribution is 5.84. The summed E-state index contributed by atoms with van der Waals surface area (Å²) in [5, 5.41) is 6.04. The van der Waals surface area contributed by atoms with Crippen LogP contribution in [-0.4, -0.2) is 18.2 Å². The van der Waals surface area contributed by atoms with E-state index in [4.69, 9.17) is 4.74 Å². The Labute approximate surface area is 109 Å². The molecule has 0 aromatic heterocycles. The molecule has 2 N–H and O–H groups in total. The molecule has 0 aliphatic carbocycles. The number of nitrogens with one attached hydrogen (secondary N) is 2. The summed E-state index contributed by atoms with van der Waals surface area (Å²) in [5.41, 5.74) is 1.88. The molecule has 0 saturated carbocycles. The predicted molar refractivity (Wildman–Crippen MR) is 73.7 cm³/mol. The summed E-state index contributed by atoms with van der Waals surface area (Å²) in [6.07, 6.45) is -0.533. The number of anilines is 1. The van der Waals surface area contributed by atoms with E-state index in [-0.39, 0.29) is 6.10 Å². The van der Waals surface area contributed by atoms with Gasteiger partial charge in [0, 0.05) is 18.3 Å². The zero-order valence-corrected chi connectivity index (χ0v) is 11.5. The van der Waals surface area contributed by atoms with Crippen LogP contribution in [-0.2, 0) is 11.3 Å². The quantitative estimate of drug-likeness (QED) is 0.844. The molecule has 0 heterocycles. The third-order valence-electron chi connectivity index (χ3n) is 2.23. The number of hydrogen-bond acceptors (Lipinski definition) is 3. The maximum atomic E-state index is 11.5. The van der Waals surface area contributed by atoms with Crippen LogP contribution < -0.4 is 10.6 Å². The van der Waals surface area contributed by atoms with E-state index in [1.807, 2.05) is 38.1 Å². The number of hydrogen-bond donors (Lipinski definition) is 2. The molecule has 0 bridgehead atoms. The number of benzene rings is 1. The Kier molecular flexibility index (Phi) is 5.65. The van der Waals surface area contributed by atoms with Gasteiger partial charge in [0.25, 0.3) is 0 Å². The standard InChI is InChI=1S/C14H22N2O2/c1-10(2)15-9-12-6-5-7-13(8-12)16-14(17)18-11(3)4/h5-8,10-11,15H,9H2,1-4H3,(H,16,17). The third kappa shape index (κ3) is 5.68. The number of rotatable bonds is 5. The van der Waals surface area contributed by atoms with E-state index in [0.717, 1.165) is 17.8 Å². The zero-order chi connectivity index (χ0) is 13.5. The van der Waals surface area contributed by atoms with Gasteiger partial charge in [0.15, 0.2) is 0 Å². The summed E-state index contributed by atoms with van der Waals surface area (Å²) in [6, 6.07) is 8.17. The first-order chi connectivity index (χ1) is 8.47. The van der Waals surface area contributed by atoms with Crippen molar-refractivity contribution in [2.75, 3.05) is 5.32 Å². The van der Waals surface area contributed by atoms with Gasteiger partial charge in [-0.05, 0) is 31.5 Å². The Balaban J connectivity index is 2.56. The molecule has 1 aromatic carbocycles. The lowest BCUT2D eigenvalue weighted by molar-refractivity contribution is 0.130. The van der Waals surface area contributed by atoms with Gasteiger partial charge in [-0.15, -0.1) is 0 Å². The molecule has 4 nitrogen and oxygen atoms in total. The molecule has 0 saturated heterocycles. The first kappa shape index (κ1) is 14.5. The minimum absolute atomic E-state index is 0.115. The van der Waals surface area contributed by atoms with Crippen LogP contribution in [0.25, 0.3) is 0 Å². The molecule has 0 unspecified atom stereocenters. The van der Waals surface area contributed by atoms with Crippen molar-refractivity contribution in [3.8, 4) is 0 Å². The summed E-state index contributed by atoms with van der Waals surface area (Å²) in [7, 11) is 0. The monoisotopic (exact) mass is 250 g/mol. The number of amides is 1. The largest absolute Gasteiger partial charge is 0.447 e. The molecule has 18 heavy (non-hydrogen) atoms. The number of carbonyl (C=O) groups is 1. The van der Waals surface area contributed by atoms with Crippen LogP contribution in [0.1, 0.15) is 33.3 Å². The summed E-state index contributed by atoms with van der Waals surface area (Å²) in [6.45, 7) is 8.63. The maximum Gasteiger partial charge on any atom is 0.411 e. The van der Waals surface area contributed by atoms with Crippen LogP contribution in [0.2, 0.25) is 0 Å². The Bertz CT molecular complexity index is 389. The summed E-state index contributed by atoms with van der Waals surface area (Å²) < 4.78 is 5.03. The molecule has 0 radical (unpaired) electrons. The molecule has 1 amide bonds. The van der Waals surface area contributed by atoms with Crippen LogP contribution in [0.15, 0.2) is 24.3 Å². The molecule has 1 rings (SSSR count). The normalized spacial score (nSPS) is 10.8. The topological polar surface area (TPSA) is 50.4 Å². The van der Waals surface area contributed by atoms with E-state index in [0.29, 0.717) is 6.04 Å². The van der Waals surface area contributed by atoms with Gasteiger partial charge in [0.2, 0.25) is 0 Å². The van der Waals surface area contributed by atoms with Crippen molar-refractivity contribution in [1.29, 1.82) is 0 Å². The van der Waals surface area contributed by atoms with Gasteiger partial charge in [-0.25, -0.2) is 4.79 Å². The van der Waals surface area contributed by atoms with Crippen LogP contribution in [0.3, 0.4) is 0 Å². The fourth-order valence-electron chi connectivity index (χ4n) is 1.44. The molecular formula is C14H22N2O2. The Morgan fingerprint density at radius 2 is 2.00 bits per heavy atom. The van der Waals surface area contributed by atoms with E-state index in [2.05, 4.69) is 24.5 Å². The van der Waals surface area contributed by atoms with E-state index >= 15 is 0 Å². The smallest absolute Gasteiger partial charge is 0.411 e. The van der Waals surface area contributed by atoms with Crippen LogP contribution >= 0.6 is 0 Å². The molecule has 4 heteroatoms. The molecule has 0 aliphatic heterocycles. The highest BCUT2D eigenvalue weighted by Crippen LogP contribution is 2.11. The van der Waals surface area contributed by atoms with Crippen molar-refractivity contribution < 1.29 is 9.53 Å². The first-order valence-electron chi connectivity index (χ1n) is 6.27. The van der Waals surface area contributed by atoms with Gasteiger partial charge in [0.1, 0.15) is 0 Å². The van der Waals surface area contributed by atoms with Gasteiger partial charge in [0.05, 0.1) is 6.10 Å². The lowest BCUT2D eigenvalue weighted by Crippen LogP contribution is -2.22. The second-order valence-corrected chi connectivity index (χ2v) is 4.82. The lowest BCUT2D eigenvalue weighted by atomic mass is 10.2. The maximum absolute atomic E-state index is 11.5. The Morgan fingerprint density at radius 3 is 2.61 bits per heavy atom.